The number of aromatic nitrogens is 2. The first-order valence-corrected chi connectivity index (χ1v) is 12.8. The number of fused-ring (bicyclic) bond motifs is 1. The maximum atomic E-state index is 13.0. The van der Waals surface area contributed by atoms with E-state index in [1.807, 2.05) is 0 Å². The zero-order valence-electron chi connectivity index (χ0n) is 19.7. The summed E-state index contributed by atoms with van der Waals surface area (Å²) in [5.74, 6) is -0.128. The van der Waals surface area contributed by atoms with E-state index in [0.29, 0.717) is 54.6 Å². The molecule has 1 fully saturated rings. The van der Waals surface area contributed by atoms with E-state index in [4.69, 9.17) is 0 Å². The second kappa shape index (κ2) is 8.96. The first kappa shape index (κ1) is 24.1. The Kier molecular flexibility index (Phi) is 6.35. The number of aliphatic hydroxyl groups is 1. The highest BCUT2D eigenvalue weighted by atomic mass is 32.2. The molecular formula is C25H30N4O4S. The van der Waals surface area contributed by atoms with Crippen molar-refractivity contribution in [2.45, 2.75) is 50.5 Å². The molecule has 2 N–H and O–H groups in total. The molecule has 180 valence electrons. The molecule has 9 heteroatoms. The van der Waals surface area contributed by atoms with Crippen LogP contribution < -0.4 is 4.72 Å². The minimum atomic E-state index is -3.90. The van der Waals surface area contributed by atoms with Crippen LogP contribution in [0.5, 0.6) is 0 Å². The molecule has 3 aromatic rings. The molecule has 2 aromatic carbocycles. The molecule has 0 aliphatic carbocycles. The molecule has 0 bridgehead atoms. The number of anilines is 1. The summed E-state index contributed by atoms with van der Waals surface area (Å²) in [6.07, 6.45) is 4.74. The van der Waals surface area contributed by atoms with Gasteiger partial charge in [-0.05, 0) is 61.1 Å². The predicted octanol–water partition coefficient (Wildman–Crippen LogP) is 3.83. The van der Waals surface area contributed by atoms with Crippen molar-refractivity contribution in [1.82, 2.24) is 14.9 Å². The number of likely N-dealkylation sites (tertiary alicyclic amines) is 1. The number of amides is 1. The highest BCUT2D eigenvalue weighted by Crippen LogP contribution is 2.35. The van der Waals surface area contributed by atoms with Crippen molar-refractivity contribution in [2.75, 3.05) is 17.8 Å². The average molecular weight is 483 g/mol. The summed E-state index contributed by atoms with van der Waals surface area (Å²) in [5.41, 5.74) is 0.866. The fourth-order valence-electron chi connectivity index (χ4n) is 4.55. The van der Waals surface area contributed by atoms with Crippen LogP contribution in [-0.4, -0.2) is 53.0 Å². The van der Waals surface area contributed by atoms with Gasteiger partial charge in [-0.3, -0.25) is 19.5 Å². The summed E-state index contributed by atoms with van der Waals surface area (Å²) < 4.78 is 28.5. The van der Waals surface area contributed by atoms with Crippen LogP contribution in [0.2, 0.25) is 0 Å². The monoisotopic (exact) mass is 482 g/mol. The number of nitrogens with zero attached hydrogens (tertiary/aromatic N) is 3. The third-order valence-corrected chi connectivity index (χ3v) is 7.39. The highest BCUT2D eigenvalue weighted by Gasteiger charge is 2.37. The van der Waals surface area contributed by atoms with Crippen LogP contribution in [0.3, 0.4) is 0 Å². The van der Waals surface area contributed by atoms with E-state index in [9.17, 15) is 18.3 Å². The van der Waals surface area contributed by atoms with Crippen LogP contribution in [0.15, 0.2) is 59.8 Å². The second-order valence-electron chi connectivity index (χ2n) is 10.1. The van der Waals surface area contributed by atoms with Crippen LogP contribution >= 0.6 is 0 Å². The summed E-state index contributed by atoms with van der Waals surface area (Å²) in [6.45, 7) is 7.29. The lowest BCUT2D eigenvalue weighted by atomic mass is 9.77. The Morgan fingerprint density at radius 1 is 1.06 bits per heavy atom. The van der Waals surface area contributed by atoms with Crippen molar-refractivity contribution >= 4 is 32.7 Å². The maximum absolute atomic E-state index is 13.0. The summed E-state index contributed by atoms with van der Waals surface area (Å²) in [6, 6.07) is 11.2. The number of carbonyl (C=O) groups is 1. The Morgan fingerprint density at radius 3 is 2.35 bits per heavy atom. The fourth-order valence-corrected chi connectivity index (χ4v) is 5.77. The molecule has 8 nitrogen and oxygen atoms in total. The molecule has 0 atom stereocenters. The number of benzene rings is 2. The lowest BCUT2D eigenvalue weighted by Gasteiger charge is -2.41. The third kappa shape index (κ3) is 5.37. The Labute approximate surface area is 200 Å². The zero-order chi connectivity index (χ0) is 24.6. The Bertz CT molecular complexity index is 1290. The number of hydrogen-bond donors (Lipinski definition) is 2. The highest BCUT2D eigenvalue weighted by molar-refractivity contribution is 7.93. The first-order valence-electron chi connectivity index (χ1n) is 11.3. The van der Waals surface area contributed by atoms with Gasteiger partial charge in [-0.2, -0.15) is 0 Å². The van der Waals surface area contributed by atoms with E-state index >= 15 is 0 Å². The molecule has 0 spiro atoms. The number of rotatable bonds is 5. The Morgan fingerprint density at radius 2 is 1.71 bits per heavy atom. The second-order valence-corrected chi connectivity index (χ2v) is 11.8. The average Bonchev–Trinajstić information content (AvgIpc) is 2.77. The molecule has 0 saturated carbocycles. The largest absolute Gasteiger partial charge is 0.390 e. The van der Waals surface area contributed by atoms with Gasteiger partial charge in [0.25, 0.3) is 15.9 Å². The van der Waals surface area contributed by atoms with Crippen molar-refractivity contribution in [1.29, 1.82) is 0 Å². The number of carbonyl (C=O) groups excluding carboxylic acids is 1. The first-order chi connectivity index (χ1) is 16.0. The van der Waals surface area contributed by atoms with Gasteiger partial charge in [-0.1, -0.05) is 26.8 Å². The molecule has 1 aliphatic rings. The molecule has 4 rings (SSSR count). The van der Waals surface area contributed by atoms with Crippen molar-refractivity contribution in [3.05, 3.63) is 60.4 Å². The molecule has 1 amide bonds. The van der Waals surface area contributed by atoms with Crippen LogP contribution in [0.25, 0.3) is 11.0 Å². The standard InChI is InChI=1S/C25H30N4O4S/c1-24(2,3)17-25(31)11-15-29(16-12-25)23(30)18-7-9-19(10-8-18)28-34(32,33)21-6-4-5-20-22(21)27-14-13-26-20/h4-10,13-14,28,31H,11-12,15-17H2,1-3H3. The molecule has 1 aliphatic heterocycles. The normalized spacial score (nSPS) is 16.4. The number of hydrogen-bond acceptors (Lipinski definition) is 6. The van der Waals surface area contributed by atoms with Crippen LogP contribution in [-0.2, 0) is 10.0 Å². The van der Waals surface area contributed by atoms with Gasteiger partial charge in [0, 0.05) is 36.7 Å². The minimum Gasteiger partial charge on any atom is -0.390 e. The van der Waals surface area contributed by atoms with Gasteiger partial charge >= 0.3 is 0 Å². The number of piperidine rings is 1. The van der Waals surface area contributed by atoms with Crippen molar-refractivity contribution in [2.24, 2.45) is 5.41 Å². The van der Waals surface area contributed by atoms with Gasteiger partial charge in [0.1, 0.15) is 10.4 Å². The minimum absolute atomic E-state index is 0.0166. The van der Waals surface area contributed by atoms with Crippen molar-refractivity contribution in [3.8, 4) is 0 Å². The lowest BCUT2D eigenvalue weighted by molar-refractivity contribution is -0.0436. The van der Waals surface area contributed by atoms with E-state index < -0.39 is 15.6 Å². The van der Waals surface area contributed by atoms with Gasteiger partial charge in [-0.15, -0.1) is 0 Å². The van der Waals surface area contributed by atoms with Crippen LogP contribution in [0.4, 0.5) is 5.69 Å². The molecule has 34 heavy (non-hydrogen) atoms. The van der Waals surface area contributed by atoms with Crippen molar-refractivity contribution < 1.29 is 18.3 Å². The zero-order valence-corrected chi connectivity index (χ0v) is 20.5. The molecule has 0 unspecified atom stereocenters. The van der Waals surface area contributed by atoms with Crippen LogP contribution in [0, 0.1) is 5.41 Å². The van der Waals surface area contributed by atoms with Crippen LogP contribution in [0.1, 0.15) is 50.4 Å². The van der Waals surface area contributed by atoms with E-state index in [-0.39, 0.29) is 16.2 Å². The molecule has 0 radical (unpaired) electrons. The summed E-state index contributed by atoms with van der Waals surface area (Å²) in [5, 5.41) is 10.9. The van der Waals surface area contributed by atoms with Gasteiger partial charge < -0.3 is 10.0 Å². The topological polar surface area (TPSA) is 112 Å². The van der Waals surface area contributed by atoms with E-state index in [1.54, 1.807) is 41.3 Å². The summed E-state index contributed by atoms with van der Waals surface area (Å²) >= 11 is 0. The van der Waals surface area contributed by atoms with Gasteiger partial charge in [0.05, 0.1) is 11.1 Å². The van der Waals surface area contributed by atoms with E-state index in [0.717, 1.165) is 0 Å². The Hall–Kier alpha value is -3.04. The number of nitrogens with one attached hydrogen (secondary N) is 1. The molecule has 2 heterocycles. The van der Waals surface area contributed by atoms with Gasteiger partial charge in [0.2, 0.25) is 0 Å². The van der Waals surface area contributed by atoms with E-state index in [2.05, 4.69) is 35.5 Å². The molecule has 1 saturated heterocycles. The SMILES string of the molecule is CC(C)(C)CC1(O)CCN(C(=O)c2ccc(NS(=O)(=O)c3cccc4nccnc34)cc2)CC1. The smallest absolute Gasteiger partial charge is 0.264 e. The summed E-state index contributed by atoms with van der Waals surface area (Å²) in [7, 11) is -3.90. The predicted molar refractivity (Wildman–Crippen MR) is 131 cm³/mol. The van der Waals surface area contributed by atoms with Gasteiger partial charge in [0.15, 0.2) is 0 Å². The quantitative estimate of drug-likeness (QED) is 0.571. The number of sulfonamides is 1. The molecule has 1 aromatic heterocycles. The fraction of sp³-hybridized carbons (Fsp3) is 0.400. The summed E-state index contributed by atoms with van der Waals surface area (Å²) in [4.78, 5) is 23.0. The third-order valence-electron chi connectivity index (χ3n) is 5.98. The number of para-hydroxylation sites is 1. The van der Waals surface area contributed by atoms with Crippen molar-refractivity contribution in [3.63, 3.8) is 0 Å². The Balaban J connectivity index is 1.44. The van der Waals surface area contributed by atoms with Gasteiger partial charge in [-0.25, -0.2) is 8.42 Å². The maximum Gasteiger partial charge on any atom is 0.264 e. The molecular weight excluding hydrogens is 452 g/mol. The lowest BCUT2D eigenvalue weighted by Crippen LogP contribution is -2.48. The van der Waals surface area contributed by atoms with E-state index in [1.165, 1.54) is 18.5 Å².